The highest BCUT2D eigenvalue weighted by atomic mass is 35.5. The number of hydrogen-bond acceptors (Lipinski definition) is 6. The number of nitrogens with one attached hydrogen (secondary N) is 1. The van der Waals surface area contributed by atoms with E-state index in [0.717, 1.165) is 0 Å². The number of hydrogen-bond donors (Lipinski definition) is 1. The molecule has 1 atom stereocenters. The fourth-order valence-corrected chi connectivity index (χ4v) is 2.60. The third-order valence-corrected chi connectivity index (χ3v) is 4.60. The first-order valence-electron chi connectivity index (χ1n) is 7.35. The number of pyridine rings is 1. The Hall–Kier alpha value is -2.41. The number of halogens is 1. The Balaban J connectivity index is 2.22. The molecule has 1 aliphatic heterocycles. The molecule has 0 fully saturated rings. The zero-order chi connectivity index (χ0) is 17.6. The summed E-state index contributed by atoms with van der Waals surface area (Å²) in [5, 5.41) is 3.51. The van der Waals surface area contributed by atoms with Crippen molar-refractivity contribution in [3.8, 4) is 0 Å². The van der Waals surface area contributed by atoms with E-state index in [9.17, 15) is 9.59 Å². The predicted octanol–water partition coefficient (Wildman–Crippen LogP) is 2.56. The number of fused-ring (bicyclic) bond motifs is 1. The second-order valence-corrected chi connectivity index (χ2v) is 6.44. The second kappa shape index (κ2) is 5.59. The Morgan fingerprint density at radius 1 is 1.46 bits per heavy atom. The molecule has 1 N–H and O–H groups in total. The van der Waals surface area contributed by atoms with Crippen molar-refractivity contribution >= 4 is 40.4 Å². The molecule has 0 saturated heterocycles. The summed E-state index contributed by atoms with van der Waals surface area (Å²) >= 11 is 6.03. The number of amidine groups is 1. The number of esters is 1. The maximum atomic E-state index is 12.3. The van der Waals surface area contributed by atoms with Gasteiger partial charge in [-0.1, -0.05) is 25.4 Å². The number of aliphatic imine (C=N–C) groups is 1. The van der Waals surface area contributed by atoms with Crippen LogP contribution in [0.3, 0.4) is 0 Å². The smallest absolute Gasteiger partial charge is 0.340 e. The van der Waals surface area contributed by atoms with Gasteiger partial charge in [-0.15, -0.1) is 0 Å². The van der Waals surface area contributed by atoms with Crippen molar-refractivity contribution in [1.82, 2.24) is 10.3 Å². The SMILES string of the molecule is COC(=O)c1cc2c(Cl)coc2nc1C1=NC(C)(C(C)C)C(=O)N1. The van der Waals surface area contributed by atoms with Crippen LogP contribution in [0.4, 0.5) is 0 Å². The lowest BCUT2D eigenvalue weighted by molar-refractivity contribution is -0.124. The molecule has 7 nitrogen and oxygen atoms in total. The minimum Gasteiger partial charge on any atom is -0.465 e. The third kappa shape index (κ3) is 2.36. The lowest BCUT2D eigenvalue weighted by atomic mass is 9.89. The van der Waals surface area contributed by atoms with Crippen LogP contribution in [0.1, 0.15) is 36.8 Å². The fraction of sp³-hybridized carbons (Fsp3) is 0.375. The van der Waals surface area contributed by atoms with Gasteiger partial charge >= 0.3 is 5.97 Å². The lowest BCUT2D eigenvalue weighted by Crippen LogP contribution is -2.41. The Labute approximate surface area is 143 Å². The van der Waals surface area contributed by atoms with Crippen LogP contribution in [0.15, 0.2) is 21.7 Å². The van der Waals surface area contributed by atoms with Crippen LogP contribution >= 0.6 is 11.6 Å². The molecule has 1 aliphatic rings. The summed E-state index contributed by atoms with van der Waals surface area (Å²) < 4.78 is 10.1. The molecule has 126 valence electrons. The van der Waals surface area contributed by atoms with E-state index in [1.54, 1.807) is 6.92 Å². The van der Waals surface area contributed by atoms with Crippen LogP contribution in [0.5, 0.6) is 0 Å². The van der Waals surface area contributed by atoms with Gasteiger partial charge in [-0.3, -0.25) is 4.79 Å². The Morgan fingerprint density at radius 3 is 2.75 bits per heavy atom. The molecular weight excluding hydrogens is 334 g/mol. The van der Waals surface area contributed by atoms with E-state index < -0.39 is 11.5 Å². The van der Waals surface area contributed by atoms with Gasteiger partial charge in [0.25, 0.3) is 5.91 Å². The number of carbonyl (C=O) groups excluding carboxylic acids is 2. The topological polar surface area (TPSA) is 93.8 Å². The van der Waals surface area contributed by atoms with E-state index in [1.807, 2.05) is 13.8 Å². The molecule has 0 bridgehead atoms. The monoisotopic (exact) mass is 349 g/mol. The maximum Gasteiger partial charge on any atom is 0.340 e. The molecule has 24 heavy (non-hydrogen) atoms. The van der Waals surface area contributed by atoms with Crippen molar-refractivity contribution in [3.63, 3.8) is 0 Å². The van der Waals surface area contributed by atoms with E-state index in [0.29, 0.717) is 10.4 Å². The molecule has 0 radical (unpaired) electrons. The number of aromatic nitrogens is 1. The van der Waals surface area contributed by atoms with E-state index in [2.05, 4.69) is 15.3 Å². The zero-order valence-electron chi connectivity index (χ0n) is 13.6. The van der Waals surface area contributed by atoms with E-state index in [-0.39, 0.29) is 34.6 Å². The maximum absolute atomic E-state index is 12.3. The summed E-state index contributed by atoms with van der Waals surface area (Å²) in [4.78, 5) is 33.2. The summed E-state index contributed by atoms with van der Waals surface area (Å²) in [5.74, 6) is -0.668. The molecule has 0 aromatic carbocycles. The standard InChI is InChI=1S/C16H16ClN3O4/c1-7(2)16(3)15(22)19-12(20-16)11-9(14(21)23-4)5-8-10(17)6-24-13(8)18-11/h5-7H,1-4H3,(H,19,20,22). The van der Waals surface area contributed by atoms with Crippen LogP contribution in [0.25, 0.3) is 11.1 Å². The first kappa shape index (κ1) is 16.4. The van der Waals surface area contributed by atoms with Crippen molar-refractivity contribution in [3.05, 3.63) is 28.6 Å². The molecular formula is C16H16ClN3O4. The number of ether oxygens (including phenoxy) is 1. The summed E-state index contributed by atoms with van der Waals surface area (Å²) in [7, 11) is 1.26. The van der Waals surface area contributed by atoms with Gasteiger partial charge in [0.15, 0.2) is 5.84 Å². The molecule has 0 saturated carbocycles. The number of furan rings is 1. The van der Waals surface area contributed by atoms with Gasteiger partial charge in [0.05, 0.1) is 23.1 Å². The van der Waals surface area contributed by atoms with Gasteiger partial charge in [0, 0.05) is 0 Å². The van der Waals surface area contributed by atoms with Crippen LogP contribution in [0.2, 0.25) is 5.02 Å². The number of carbonyl (C=O) groups is 2. The zero-order valence-corrected chi connectivity index (χ0v) is 14.4. The fourth-order valence-electron chi connectivity index (χ4n) is 2.42. The molecule has 1 unspecified atom stereocenters. The van der Waals surface area contributed by atoms with Gasteiger partial charge in [0.1, 0.15) is 17.5 Å². The molecule has 3 rings (SSSR count). The van der Waals surface area contributed by atoms with Crippen molar-refractivity contribution in [2.45, 2.75) is 26.3 Å². The van der Waals surface area contributed by atoms with E-state index in [4.69, 9.17) is 20.8 Å². The molecule has 3 heterocycles. The number of methoxy groups -OCH3 is 1. The minimum absolute atomic E-state index is 0.0293. The second-order valence-electron chi connectivity index (χ2n) is 6.03. The number of rotatable bonds is 3. The van der Waals surface area contributed by atoms with Crippen LogP contribution in [-0.4, -0.2) is 35.3 Å². The van der Waals surface area contributed by atoms with Crippen LogP contribution in [0, 0.1) is 5.92 Å². The highest BCUT2D eigenvalue weighted by Gasteiger charge is 2.43. The molecule has 2 aromatic heterocycles. The van der Waals surface area contributed by atoms with Crippen molar-refractivity contribution in [1.29, 1.82) is 0 Å². The number of amides is 1. The summed E-state index contributed by atoms with van der Waals surface area (Å²) in [6.45, 7) is 5.53. The van der Waals surface area contributed by atoms with E-state index in [1.165, 1.54) is 19.4 Å². The summed E-state index contributed by atoms with van der Waals surface area (Å²) in [6.07, 6.45) is 1.33. The summed E-state index contributed by atoms with van der Waals surface area (Å²) in [6, 6.07) is 1.52. The van der Waals surface area contributed by atoms with Gasteiger partial charge in [-0.05, 0) is 18.9 Å². The molecule has 8 heteroatoms. The largest absolute Gasteiger partial charge is 0.465 e. The number of nitrogens with zero attached hydrogens (tertiary/aromatic N) is 2. The first-order valence-corrected chi connectivity index (χ1v) is 7.73. The minimum atomic E-state index is -0.930. The average Bonchev–Trinajstić information content (AvgIpc) is 3.07. The van der Waals surface area contributed by atoms with Gasteiger partial charge < -0.3 is 14.5 Å². The molecule has 1 amide bonds. The predicted molar refractivity (Wildman–Crippen MR) is 88.3 cm³/mol. The van der Waals surface area contributed by atoms with Crippen molar-refractivity contribution in [2.24, 2.45) is 10.9 Å². The van der Waals surface area contributed by atoms with Gasteiger partial charge in [0.2, 0.25) is 5.71 Å². The van der Waals surface area contributed by atoms with Crippen molar-refractivity contribution < 1.29 is 18.7 Å². The molecule has 2 aromatic rings. The Bertz CT molecular complexity index is 887. The Kier molecular flexibility index (Phi) is 3.83. The lowest BCUT2D eigenvalue weighted by Gasteiger charge is -2.21. The van der Waals surface area contributed by atoms with Gasteiger partial charge in [-0.25, -0.2) is 14.8 Å². The highest BCUT2D eigenvalue weighted by Crippen LogP contribution is 2.30. The van der Waals surface area contributed by atoms with Gasteiger partial charge in [-0.2, -0.15) is 0 Å². The Morgan fingerprint density at radius 2 is 2.17 bits per heavy atom. The normalized spacial score (nSPS) is 20.4. The van der Waals surface area contributed by atoms with Crippen LogP contribution in [-0.2, 0) is 9.53 Å². The van der Waals surface area contributed by atoms with E-state index >= 15 is 0 Å². The quantitative estimate of drug-likeness (QED) is 0.859. The average molecular weight is 350 g/mol. The van der Waals surface area contributed by atoms with Crippen molar-refractivity contribution in [2.75, 3.05) is 7.11 Å². The molecule has 0 aliphatic carbocycles. The third-order valence-electron chi connectivity index (χ3n) is 4.31. The first-order chi connectivity index (χ1) is 11.3. The summed E-state index contributed by atoms with van der Waals surface area (Å²) in [5.41, 5.74) is -0.337. The molecule has 0 spiro atoms. The highest BCUT2D eigenvalue weighted by molar-refractivity contribution is 6.35. The van der Waals surface area contributed by atoms with Crippen LogP contribution < -0.4 is 5.32 Å².